The Balaban J connectivity index is 1.62. The standard InChI is InChI=1S/C21H17ClFN3O2S2/c1-12-9-17-19(30-12)20(28)26(16-7-5-14(23)6-8-16)21(25-17)29-11-18(27)24-15-4-2-3-13(22)10-15/h2-8,10,12H,9,11H2,1H3,(H,24,27). The number of thioether (sulfide) groups is 2. The molecule has 2 heterocycles. The number of hydrogen-bond acceptors (Lipinski definition) is 5. The third kappa shape index (κ3) is 4.55. The predicted octanol–water partition coefficient (Wildman–Crippen LogP) is 4.79. The SMILES string of the molecule is CC1Cc2nc(SCC(=O)Nc3cccc(Cl)c3)n(-c3ccc(F)cc3)c(=O)c2S1. The highest BCUT2D eigenvalue weighted by Gasteiger charge is 2.27. The van der Waals surface area contributed by atoms with Crippen molar-refractivity contribution in [1.29, 1.82) is 0 Å². The zero-order valence-corrected chi connectivity index (χ0v) is 18.3. The monoisotopic (exact) mass is 461 g/mol. The molecule has 1 amide bonds. The lowest BCUT2D eigenvalue weighted by Gasteiger charge is -2.13. The Morgan fingerprint density at radius 3 is 2.83 bits per heavy atom. The Labute approximate surface area is 186 Å². The summed E-state index contributed by atoms with van der Waals surface area (Å²) in [4.78, 5) is 30.9. The van der Waals surface area contributed by atoms with Gasteiger partial charge in [0.25, 0.3) is 5.56 Å². The number of aromatic nitrogens is 2. The van der Waals surface area contributed by atoms with Crippen molar-refractivity contribution in [3.8, 4) is 5.69 Å². The van der Waals surface area contributed by atoms with E-state index in [-0.39, 0.29) is 28.3 Å². The van der Waals surface area contributed by atoms with E-state index in [0.29, 0.717) is 32.9 Å². The van der Waals surface area contributed by atoms with Gasteiger partial charge in [-0.05, 0) is 42.5 Å². The minimum atomic E-state index is -0.390. The molecule has 1 aliphatic heterocycles. The lowest BCUT2D eigenvalue weighted by molar-refractivity contribution is -0.113. The van der Waals surface area contributed by atoms with Gasteiger partial charge in [0.1, 0.15) is 5.82 Å². The predicted molar refractivity (Wildman–Crippen MR) is 120 cm³/mol. The van der Waals surface area contributed by atoms with Gasteiger partial charge in [-0.25, -0.2) is 9.37 Å². The highest BCUT2D eigenvalue weighted by Crippen LogP contribution is 2.34. The number of hydrogen-bond donors (Lipinski definition) is 1. The molecular weight excluding hydrogens is 445 g/mol. The second-order valence-electron chi connectivity index (χ2n) is 6.77. The summed E-state index contributed by atoms with van der Waals surface area (Å²) in [6, 6.07) is 12.5. The molecule has 1 N–H and O–H groups in total. The summed E-state index contributed by atoms with van der Waals surface area (Å²) in [5.41, 5.74) is 1.65. The Morgan fingerprint density at radius 1 is 1.33 bits per heavy atom. The normalized spacial score (nSPS) is 15.1. The van der Waals surface area contributed by atoms with Crippen LogP contribution in [0.3, 0.4) is 0 Å². The quantitative estimate of drug-likeness (QED) is 0.437. The van der Waals surface area contributed by atoms with E-state index in [4.69, 9.17) is 11.6 Å². The van der Waals surface area contributed by atoms with Crippen LogP contribution in [-0.2, 0) is 11.2 Å². The van der Waals surface area contributed by atoms with Gasteiger partial charge in [-0.1, -0.05) is 36.4 Å². The van der Waals surface area contributed by atoms with Gasteiger partial charge in [-0.3, -0.25) is 14.2 Å². The molecule has 30 heavy (non-hydrogen) atoms. The maximum atomic E-state index is 13.4. The van der Waals surface area contributed by atoms with Crippen LogP contribution in [0.1, 0.15) is 12.6 Å². The zero-order valence-electron chi connectivity index (χ0n) is 15.9. The van der Waals surface area contributed by atoms with Gasteiger partial charge in [0.2, 0.25) is 5.91 Å². The molecule has 0 bridgehead atoms. The second kappa shape index (κ2) is 8.83. The summed E-state index contributed by atoms with van der Waals surface area (Å²) >= 11 is 8.61. The fourth-order valence-electron chi connectivity index (χ4n) is 3.11. The van der Waals surface area contributed by atoms with E-state index in [0.717, 1.165) is 17.5 Å². The molecule has 0 aliphatic carbocycles. The van der Waals surface area contributed by atoms with Crippen LogP contribution < -0.4 is 10.9 Å². The average Bonchev–Trinajstić information content (AvgIpc) is 3.08. The number of carbonyl (C=O) groups excluding carboxylic acids is 1. The molecule has 0 saturated heterocycles. The van der Waals surface area contributed by atoms with Crippen molar-refractivity contribution < 1.29 is 9.18 Å². The number of carbonyl (C=O) groups is 1. The minimum Gasteiger partial charge on any atom is -0.325 e. The maximum Gasteiger partial charge on any atom is 0.272 e. The molecule has 0 fully saturated rings. The summed E-state index contributed by atoms with van der Waals surface area (Å²) in [7, 11) is 0. The fourth-order valence-corrected chi connectivity index (χ4v) is 5.22. The molecule has 1 atom stereocenters. The van der Waals surface area contributed by atoms with Crippen molar-refractivity contribution >= 4 is 46.7 Å². The third-order valence-electron chi connectivity index (χ3n) is 4.41. The molecule has 154 valence electrons. The van der Waals surface area contributed by atoms with E-state index < -0.39 is 0 Å². The number of nitrogens with zero attached hydrogens (tertiary/aromatic N) is 2. The van der Waals surface area contributed by atoms with Crippen LogP contribution in [0.15, 0.2) is 63.4 Å². The summed E-state index contributed by atoms with van der Waals surface area (Å²) in [6.45, 7) is 2.04. The molecule has 0 radical (unpaired) electrons. The molecule has 5 nitrogen and oxygen atoms in total. The van der Waals surface area contributed by atoms with Gasteiger partial charge in [0.05, 0.1) is 22.0 Å². The number of anilines is 1. The van der Waals surface area contributed by atoms with Crippen molar-refractivity contribution in [2.45, 2.75) is 28.6 Å². The van der Waals surface area contributed by atoms with Crippen LogP contribution in [0.5, 0.6) is 0 Å². The first-order chi connectivity index (χ1) is 14.4. The van der Waals surface area contributed by atoms with Crippen molar-refractivity contribution in [2.75, 3.05) is 11.1 Å². The lowest BCUT2D eigenvalue weighted by atomic mass is 10.2. The van der Waals surface area contributed by atoms with Crippen molar-refractivity contribution in [1.82, 2.24) is 9.55 Å². The summed E-state index contributed by atoms with van der Waals surface area (Å²) in [5.74, 6) is -0.578. The molecule has 4 rings (SSSR count). The Kier molecular flexibility index (Phi) is 6.17. The second-order valence-corrected chi connectivity index (χ2v) is 9.59. The number of benzene rings is 2. The van der Waals surface area contributed by atoms with Gasteiger partial charge in [0, 0.05) is 22.4 Å². The van der Waals surface area contributed by atoms with E-state index in [2.05, 4.69) is 10.3 Å². The van der Waals surface area contributed by atoms with Gasteiger partial charge < -0.3 is 5.32 Å². The third-order valence-corrected chi connectivity index (χ3v) is 6.80. The Hall–Kier alpha value is -2.29. The maximum absolute atomic E-state index is 13.4. The smallest absolute Gasteiger partial charge is 0.272 e. The largest absolute Gasteiger partial charge is 0.325 e. The fraction of sp³-hybridized carbons (Fsp3) is 0.190. The van der Waals surface area contributed by atoms with Gasteiger partial charge >= 0.3 is 0 Å². The average molecular weight is 462 g/mol. The Bertz CT molecular complexity index is 1170. The number of nitrogens with one attached hydrogen (secondary N) is 1. The molecule has 0 saturated carbocycles. The van der Waals surface area contributed by atoms with Crippen molar-refractivity contribution in [2.24, 2.45) is 0 Å². The first-order valence-electron chi connectivity index (χ1n) is 9.17. The molecule has 2 aromatic carbocycles. The van der Waals surface area contributed by atoms with Gasteiger partial charge in [-0.15, -0.1) is 11.8 Å². The molecule has 3 aromatic rings. The van der Waals surface area contributed by atoms with E-state index >= 15 is 0 Å². The topological polar surface area (TPSA) is 64.0 Å². The number of fused-ring (bicyclic) bond motifs is 1. The summed E-state index contributed by atoms with van der Waals surface area (Å²) in [6.07, 6.45) is 0.696. The van der Waals surface area contributed by atoms with Gasteiger partial charge in [-0.2, -0.15) is 0 Å². The zero-order chi connectivity index (χ0) is 21.3. The first-order valence-corrected chi connectivity index (χ1v) is 11.4. The number of rotatable bonds is 5. The number of amides is 1. The first kappa shape index (κ1) is 21.0. The van der Waals surface area contributed by atoms with Crippen LogP contribution in [-0.4, -0.2) is 26.5 Å². The molecule has 0 spiro atoms. The summed E-state index contributed by atoms with van der Waals surface area (Å²) in [5, 5.41) is 3.97. The highest BCUT2D eigenvalue weighted by atomic mass is 35.5. The van der Waals surface area contributed by atoms with E-state index in [1.54, 1.807) is 24.3 Å². The van der Waals surface area contributed by atoms with Crippen LogP contribution in [0.25, 0.3) is 5.69 Å². The van der Waals surface area contributed by atoms with Crippen molar-refractivity contribution in [3.63, 3.8) is 0 Å². The lowest BCUT2D eigenvalue weighted by Crippen LogP contribution is -2.24. The van der Waals surface area contributed by atoms with Gasteiger partial charge in [0.15, 0.2) is 5.16 Å². The molecular formula is C21H17ClFN3O2S2. The molecule has 1 unspecified atom stereocenters. The van der Waals surface area contributed by atoms with Crippen LogP contribution >= 0.6 is 35.1 Å². The highest BCUT2D eigenvalue weighted by molar-refractivity contribution is 8.00. The summed E-state index contributed by atoms with van der Waals surface area (Å²) < 4.78 is 14.8. The van der Waals surface area contributed by atoms with E-state index in [1.807, 2.05) is 6.92 Å². The van der Waals surface area contributed by atoms with E-state index in [9.17, 15) is 14.0 Å². The molecule has 1 aromatic heterocycles. The van der Waals surface area contributed by atoms with Crippen molar-refractivity contribution in [3.05, 3.63) is 75.4 Å². The van der Waals surface area contributed by atoms with Crippen LogP contribution in [0, 0.1) is 5.82 Å². The van der Waals surface area contributed by atoms with Crippen LogP contribution in [0.4, 0.5) is 10.1 Å². The van der Waals surface area contributed by atoms with E-state index in [1.165, 1.54) is 40.6 Å². The Morgan fingerprint density at radius 2 is 2.10 bits per heavy atom. The minimum absolute atomic E-state index is 0.0572. The number of halogens is 2. The van der Waals surface area contributed by atoms with Crippen LogP contribution in [0.2, 0.25) is 5.02 Å². The molecule has 1 aliphatic rings. The molecule has 9 heteroatoms.